The Morgan fingerprint density at radius 2 is 1.18 bits per heavy atom. The second-order valence-corrected chi connectivity index (χ2v) is 8.55. The zero-order chi connectivity index (χ0) is 12.9. The van der Waals surface area contributed by atoms with E-state index >= 15 is 0 Å². The molecule has 1 aliphatic heterocycles. The zero-order valence-corrected chi connectivity index (χ0v) is 12.7. The van der Waals surface area contributed by atoms with Gasteiger partial charge in [0.1, 0.15) is 0 Å². The van der Waals surface area contributed by atoms with E-state index < -0.39 is 0 Å². The minimum Gasteiger partial charge on any atom is -0.381 e. The van der Waals surface area contributed by atoms with E-state index in [1.54, 1.807) is 0 Å². The molecule has 1 heterocycles. The number of rotatable bonds is 0. The van der Waals surface area contributed by atoms with E-state index in [9.17, 15) is 0 Å². The van der Waals surface area contributed by atoms with Crippen molar-refractivity contribution in [2.75, 3.05) is 13.2 Å². The molecule has 2 fully saturated rings. The SMILES string of the molecule is CC(C)(C)C1(C(C)(C)C)CC2(CCOCC2)C1. The third kappa shape index (κ3) is 1.95. The molecule has 17 heavy (non-hydrogen) atoms. The van der Waals surface area contributed by atoms with Crippen molar-refractivity contribution < 1.29 is 4.74 Å². The van der Waals surface area contributed by atoms with Gasteiger partial charge < -0.3 is 4.74 Å². The molecule has 1 heteroatoms. The van der Waals surface area contributed by atoms with E-state index in [0.29, 0.717) is 21.7 Å². The maximum absolute atomic E-state index is 5.54. The lowest BCUT2D eigenvalue weighted by molar-refractivity contribution is -0.207. The molecule has 1 saturated carbocycles. The second kappa shape index (κ2) is 3.73. The van der Waals surface area contributed by atoms with Gasteiger partial charge in [-0.1, -0.05) is 41.5 Å². The Bertz CT molecular complexity index is 260. The quantitative estimate of drug-likeness (QED) is 0.596. The van der Waals surface area contributed by atoms with Gasteiger partial charge >= 0.3 is 0 Å². The molecule has 0 N–H and O–H groups in total. The van der Waals surface area contributed by atoms with E-state index in [4.69, 9.17) is 4.74 Å². The molecule has 0 atom stereocenters. The summed E-state index contributed by atoms with van der Waals surface area (Å²) >= 11 is 0. The molecule has 0 amide bonds. The van der Waals surface area contributed by atoms with Crippen LogP contribution in [0.25, 0.3) is 0 Å². The second-order valence-electron chi connectivity index (χ2n) is 8.55. The first-order valence-electron chi connectivity index (χ1n) is 7.20. The zero-order valence-electron chi connectivity index (χ0n) is 12.7. The maximum atomic E-state index is 5.54. The molecule has 1 nitrogen and oxygen atoms in total. The summed E-state index contributed by atoms with van der Waals surface area (Å²) in [6, 6.07) is 0. The molecular formula is C16H30O. The highest BCUT2D eigenvalue weighted by Gasteiger charge is 2.63. The number of ether oxygens (including phenoxy) is 1. The van der Waals surface area contributed by atoms with Crippen LogP contribution in [0.5, 0.6) is 0 Å². The Hall–Kier alpha value is -0.0400. The number of hydrogen-bond donors (Lipinski definition) is 0. The van der Waals surface area contributed by atoms with Crippen LogP contribution in [0, 0.1) is 21.7 Å². The van der Waals surface area contributed by atoms with Crippen LogP contribution in [0.15, 0.2) is 0 Å². The van der Waals surface area contributed by atoms with Crippen LogP contribution < -0.4 is 0 Å². The lowest BCUT2D eigenvalue weighted by atomic mass is 9.36. The minimum absolute atomic E-state index is 0.412. The van der Waals surface area contributed by atoms with E-state index in [0.717, 1.165) is 13.2 Å². The molecule has 2 rings (SSSR count). The van der Waals surface area contributed by atoms with Gasteiger partial charge in [-0.25, -0.2) is 0 Å². The minimum atomic E-state index is 0.412. The Balaban J connectivity index is 2.19. The smallest absolute Gasteiger partial charge is 0.0471 e. The summed E-state index contributed by atoms with van der Waals surface area (Å²) in [5, 5.41) is 0. The van der Waals surface area contributed by atoms with Crippen molar-refractivity contribution in [3.8, 4) is 0 Å². The summed E-state index contributed by atoms with van der Waals surface area (Å²) in [7, 11) is 0. The van der Waals surface area contributed by atoms with Crippen LogP contribution in [-0.4, -0.2) is 13.2 Å². The van der Waals surface area contributed by atoms with Crippen molar-refractivity contribution in [1.82, 2.24) is 0 Å². The third-order valence-electron chi connectivity index (χ3n) is 5.78. The van der Waals surface area contributed by atoms with Gasteiger partial charge in [0, 0.05) is 13.2 Å². The summed E-state index contributed by atoms with van der Waals surface area (Å²) in [5.74, 6) is 0. The summed E-state index contributed by atoms with van der Waals surface area (Å²) in [6.45, 7) is 16.6. The molecule has 1 spiro atoms. The van der Waals surface area contributed by atoms with Crippen LogP contribution in [0.4, 0.5) is 0 Å². The lowest BCUT2D eigenvalue weighted by Gasteiger charge is -2.69. The van der Waals surface area contributed by atoms with Crippen LogP contribution >= 0.6 is 0 Å². The predicted molar refractivity (Wildman–Crippen MR) is 73.1 cm³/mol. The Morgan fingerprint density at radius 1 is 0.765 bits per heavy atom. The van der Waals surface area contributed by atoms with Crippen molar-refractivity contribution in [3.05, 3.63) is 0 Å². The standard InChI is InChI=1S/C16H30O/c1-13(2,3)16(14(4,5)6)11-15(12-16)7-9-17-10-8-15/h7-12H2,1-6H3. The van der Waals surface area contributed by atoms with Crippen LogP contribution in [0.3, 0.4) is 0 Å². The van der Waals surface area contributed by atoms with Crippen molar-refractivity contribution in [2.45, 2.75) is 67.2 Å². The molecule has 0 aromatic heterocycles. The van der Waals surface area contributed by atoms with E-state index in [1.807, 2.05) is 0 Å². The van der Waals surface area contributed by atoms with Crippen molar-refractivity contribution >= 4 is 0 Å². The van der Waals surface area contributed by atoms with E-state index in [2.05, 4.69) is 41.5 Å². The lowest BCUT2D eigenvalue weighted by Crippen LogP contribution is -2.61. The first-order chi connectivity index (χ1) is 7.62. The largest absolute Gasteiger partial charge is 0.381 e. The van der Waals surface area contributed by atoms with Gasteiger partial charge in [-0.3, -0.25) is 0 Å². The highest BCUT2D eigenvalue weighted by molar-refractivity contribution is 5.12. The third-order valence-corrected chi connectivity index (χ3v) is 5.78. The summed E-state index contributed by atoms with van der Waals surface area (Å²) in [4.78, 5) is 0. The van der Waals surface area contributed by atoms with Gasteiger partial charge in [0.25, 0.3) is 0 Å². The van der Waals surface area contributed by atoms with E-state index in [1.165, 1.54) is 25.7 Å². The molecular weight excluding hydrogens is 208 g/mol. The Labute approximate surface area is 107 Å². The Kier molecular flexibility index (Phi) is 2.94. The van der Waals surface area contributed by atoms with Gasteiger partial charge in [0.2, 0.25) is 0 Å². The summed E-state index contributed by atoms with van der Waals surface area (Å²) in [6.07, 6.45) is 5.41. The molecule has 0 bridgehead atoms. The molecule has 0 radical (unpaired) electrons. The Morgan fingerprint density at radius 3 is 1.53 bits per heavy atom. The van der Waals surface area contributed by atoms with Gasteiger partial charge in [-0.05, 0) is 47.3 Å². The van der Waals surface area contributed by atoms with Gasteiger partial charge in [0.05, 0.1) is 0 Å². The maximum Gasteiger partial charge on any atom is 0.0471 e. The molecule has 0 aromatic rings. The average Bonchev–Trinajstić information content (AvgIpc) is 2.11. The molecule has 100 valence electrons. The summed E-state index contributed by atoms with van der Waals surface area (Å²) in [5.41, 5.74) is 1.96. The van der Waals surface area contributed by atoms with Crippen LogP contribution in [-0.2, 0) is 4.74 Å². The predicted octanol–water partition coefficient (Wildman–Crippen LogP) is 4.66. The van der Waals surface area contributed by atoms with Crippen LogP contribution in [0.1, 0.15) is 67.2 Å². The van der Waals surface area contributed by atoms with Gasteiger partial charge in [-0.15, -0.1) is 0 Å². The van der Waals surface area contributed by atoms with Crippen molar-refractivity contribution in [3.63, 3.8) is 0 Å². The monoisotopic (exact) mass is 238 g/mol. The highest BCUT2D eigenvalue weighted by atomic mass is 16.5. The molecule has 0 unspecified atom stereocenters. The van der Waals surface area contributed by atoms with Crippen molar-refractivity contribution in [1.29, 1.82) is 0 Å². The first kappa shape index (κ1) is 13.4. The molecule has 2 aliphatic rings. The first-order valence-corrected chi connectivity index (χ1v) is 7.20. The summed E-state index contributed by atoms with van der Waals surface area (Å²) < 4.78 is 5.54. The highest BCUT2D eigenvalue weighted by Crippen LogP contribution is 2.72. The average molecular weight is 238 g/mol. The fourth-order valence-electron chi connectivity index (χ4n) is 4.57. The van der Waals surface area contributed by atoms with Gasteiger partial charge in [-0.2, -0.15) is 0 Å². The van der Waals surface area contributed by atoms with Crippen molar-refractivity contribution in [2.24, 2.45) is 21.7 Å². The molecule has 1 aliphatic carbocycles. The van der Waals surface area contributed by atoms with Gasteiger partial charge in [0.15, 0.2) is 0 Å². The topological polar surface area (TPSA) is 9.23 Å². The fraction of sp³-hybridized carbons (Fsp3) is 1.00. The fourth-order valence-corrected chi connectivity index (χ4v) is 4.57. The molecule has 1 saturated heterocycles. The van der Waals surface area contributed by atoms with E-state index in [-0.39, 0.29) is 0 Å². The molecule has 0 aromatic carbocycles. The normalized spacial score (nSPS) is 27.9. The van der Waals surface area contributed by atoms with Crippen LogP contribution in [0.2, 0.25) is 0 Å². The number of hydrogen-bond acceptors (Lipinski definition) is 1.